The summed E-state index contributed by atoms with van der Waals surface area (Å²) < 4.78 is 10.7. The number of aryl methyl sites for hydroxylation is 1. The van der Waals surface area contributed by atoms with Crippen LogP contribution in [-0.4, -0.2) is 40.1 Å². The minimum absolute atomic E-state index is 0.0418. The van der Waals surface area contributed by atoms with Crippen LogP contribution in [0.2, 0.25) is 0 Å². The van der Waals surface area contributed by atoms with Crippen LogP contribution >= 0.6 is 0 Å². The minimum atomic E-state index is -0.105. The van der Waals surface area contributed by atoms with E-state index in [1.807, 2.05) is 17.0 Å². The third-order valence-corrected chi connectivity index (χ3v) is 4.64. The third-order valence-electron chi connectivity index (χ3n) is 4.64. The number of nitrogens with zero attached hydrogens (tertiary/aromatic N) is 3. The Labute approximate surface area is 147 Å². The number of para-hydroxylation sites is 1. The second-order valence-electron chi connectivity index (χ2n) is 7.12. The number of carbonyl (C=O) groups excluding carboxylic acids is 1. The molecule has 25 heavy (non-hydrogen) atoms. The molecule has 7 nitrogen and oxygen atoms in total. The van der Waals surface area contributed by atoms with E-state index in [1.54, 1.807) is 19.1 Å². The highest BCUT2D eigenvalue weighted by Crippen LogP contribution is 2.30. The molecule has 1 aromatic heterocycles. The molecule has 1 aliphatic rings. The van der Waals surface area contributed by atoms with Crippen LogP contribution in [0.5, 0.6) is 5.75 Å². The second-order valence-corrected chi connectivity index (χ2v) is 7.12. The molecule has 0 radical (unpaired) electrons. The van der Waals surface area contributed by atoms with Gasteiger partial charge < -0.3 is 19.9 Å². The van der Waals surface area contributed by atoms with E-state index in [4.69, 9.17) is 15.0 Å². The van der Waals surface area contributed by atoms with E-state index in [0.717, 1.165) is 6.42 Å². The average Bonchev–Trinajstić information content (AvgIpc) is 3.00. The van der Waals surface area contributed by atoms with Crippen LogP contribution in [0.1, 0.15) is 42.3 Å². The first kappa shape index (κ1) is 17.4. The molecule has 1 saturated heterocycles. The van der Waals surface area contributed by atoms with Gasteiger partial charge in [0.2, 0.25) is 11.7 Å². The van der Waals surface area contributed by atoms with Gasteiger partial charge in [0.1, 0.15) is 5.75 Å². The predicted octanol–water partition coefficient (Wildman–Crippen LogP) is 2.16. The first-order valence-electron chi connectivity index (χ1n) is 8.43. The van der Waals surface area contributed by atoms with Crippen LogP contribution < -0.4 is 10.5 Å². The zero-order valence-electron chi connectivity index (χ0n) is 14.9. The number of piperidine rings is 1. The molecule has 0 bridgehead atoms. The largest absolute Gasteiger partial charge is 0.485 e. The van der Waals surface area contributed by atoms with Gasteiger partial charge in [-0.3, -0.25) is 4.79 Å². The molecule has 0 aliphatic carbocycles. The Morgan fingerprint density at radius 3 is 2.88 bits per heavy atom. The lowest BCUT2D eigenvalue weighted by molar-refractivity contribution is 0.0528. The van der Waals surface area contributed by atoms with Gasteiger partial charge in [0.25, 0.3) is 5.91 Å². The maximum atomic E-state index is 13.0. The maximum Gasteiger partial charge on any atom is 0.257 e. The van der Waals surface area contributed by atoms with Crippen LogP contribution in [0.15, 0.2) is 28.8 Å². The summed E-state index contributed by atoms with van der Waals surface area (Å²) in [6, 6.07) is 7.33. The fourth-order valence-corrected chi connectivity index (χ4v) is 3.03. The molecule has 1 atom stereocenters. The fourth-order valence-electron chi connectivity index (χ4n) is 3.03. The molecule has 2 heterocycles. The summed E-state index contributed by atoms with van der Waals surface area (Å²) >= 11 is 0. The number of hydrogen-bond donors (Lipinski definition) is 1. The number of amides is 1. The summed E-state index contributed by atoms with van der Waals surface area (Å²) in [6.45, 7) is 7.35. The molecule has 1 fully saturated rings. The third kappa shape index (κ3) is 3.82. The van der Waals surface area contributed by atoms with Crippen LogP contribution in [0.3, 0.4) is 0 Å². The standard InChI is InChI=1S/C18H24N4O3/c1-12-20-16(21-25-12)10-24-14-7-5-4-6-13(14)17(23)22-9-8-15(19)18(2,3)11-22/h4-7,15H,8-11,19H2,1-3H3. The molecule has 7 heteroatoms. The van der Waals surface area contributed by atoms with Crippen LogP contribution in [0.25, 0.3) is 0 Å². The lowest BCUT2D eigenvalue weighted by Crippen LogP contribution is -2.54. The Balaban J connectivity index is 1.74. The van der Waals surface area contributed by atoms with Gasteiger partial charge in [-0.15, -0.1) is 0 Å². The molecule has 134 valence electrons. The van der Waals surface area contributed by atoms with Gasteiger partial charge >= 0.3 is 0 Å². The van der Waals surface area contributed by atoms with Crippen molar-refractivity contribution in [1.82, 2.24) is 15.0 Å². The smallest absolute Gasteiger partial charge is 0.257 e. The van der Waals surface area contributed by atoms with Crippen LogP contribution in [0, 0.1) is 12.3 Å². The normalized spacial score (nSPS) is 19.7. The van der Waals surface area contributed by atoms with Gasteiger partial charge in [-0.05, 0) is 24.0 Å². The summed E-state index contributed by atoms with van der Waals surface area (Å²) in [4.78, 5) is 18.9. The Hall–Kier alpha value is -2.41. The van der Waals surface area contributed by atoms with Crippen molar-refractivity contribution in [3.8, 4) is 5.75 Å². The quantitative estimate of drug-likeness (QED) is 0.913. The van der Waals surface area contributed by atoms with Crippen molar-refractivity contribution in [2.45, 2.75) is 39.8 Å². The first-order chi connectivity index (χ1) is 11.9. The summed E-state index contributed by atoms with van der Waals surface area (Å²) in [5.74, 6) is 1.40. The number of ether oxygens (including phenoxy) is 1. The number of carbonyl (C=O) groups is 1. The SMILES string of the molecule is Cc1nc(COc2ccccc2C(=O)N2CCC(N)C(C)(C)C2)no1. The van der Waals surface area contributed by atoms with Crippen LogP contribution in [-0.2, 0) is 6.61 Å². The van der Waals surface area contributed by atoms with E-state index < -0.39 is 0 Å². The van der Waals surface area contributed by atoms with Gasteiger partial charge in [0.15, 0.2) is 6.61 Å². The molecule has 2 aromatic rings. The number of rotatable bonds is 4. The number of likely N-dealkylation sites (tertiary alicyclic amines) is 1. The number of hydrogen-bond acceptors (Lipinski definition) is 6. The number of benzene rings is 1. The molecular formula is C18H24N4O3. The molecule has 0 spiro atoms. The van der Waals surface area contributed by atoms with Crippen molar-refractivity contribution in [1.29, 1.82) is 0 Å². The molecule has 1 aliphatic heterocycles. The van der Waals surface area contributed by atoms with Crippen molar-refractivity contribution in [3.05, 3.63) is 41.5 Å². The van der Waals surface area contributed by atoms with E-state index >= 15 is 0 Å². The lowest BCUT2D eigenvalue weighted by Gasteiger charge is -2.42. The Morgan fingerprint density at radius 2 is 2.20 bits per heavy atom. The van der Waals surface area contributed by atoms with Crippen molar-refractivity contribution >= 4 is 5.91 Å². The van der Waals surface area contributed by atoms with Crippen LogP contribution in [0.4, 0.5) is 0 Å². The zero-order chi connectivity index (χ0) is 18.0. The Kier molecular flexibility index (Phi) is 4.76. The van der Waals surface area contributed by atoms with Gasteiger partial charge in [0, 0.05) is 26.1 Å². The minimum Gasteiger partial charge on any atom is -0.485 e. The lowest BCUT2D eigenvalue weighted by atomic mass is 9.79. The first-order valence-corrected chi connectivity index (χ1v) is 8.43. The van der Waals surface area contributed by atoms with Gasteiger partial charge in [0.05, 0.1) is 5.56 Å². The van der Waals surface area contributed by atoms with E-state index in [1.165, 1.54) is 0 Å². The van der Waals surface area contributed by atoms with Gasteiger partial charge in [-0.2, -0.15) is 4.98 Å². The molecule has 1 aromatic carbocycles. The Morgan fingerprint density at radius 1 is 1.44 bits per heavy atom. The fraction of sp³-hybridized carbons (Fsp3) is 0.500. The maximum absolute atomic E-state index is 13.0. The summed E-state index contributed by atoms with van der Waals surface area (Å²) in [7, 11) is 0. The summed E-state index contributed by atoms with van der Waals surface area (Å²) in [5.41, 5.74) is 6.60. The highest BCUT2D eigenvalue weighted by Gasteiger charge is 2.36. The van der Waals surface area contributed by atoms with Crippen molar-refractivity contribution < 1.29 is 14.1 Å². The van der Waals surface area contributed by atoms with E-state index in [9.17, 15) is 4.79 Å². The molecular weight excluding hydrogens is 320 g/mol. The second kappa shape index (κ2) is 6.84. The van der Waals surface area contributed by atoms with E-state index in [-0.39, 0.29) is 24.0 Å². The van der Waals surface area contributed by atoms with Crippen molar-refractivity contribution in [2.75, 3.05) is 13.1 Å². The van der Waals surface area contributed by atoms with Crippen molar-refractivity contribution in [2.24, 2.45) is 11.1 Å². The molecule has 1 unspecified atom stereocenters. The zero-order valence-corrected chi connectivity index (χ0v) is 14.9. The molecule has 0 saturated carbocycles. The predicted molar refractivity (Wildman–Crippen MR) is 92.1 cm³/mol. The highest BCUT2D eigenvalue weighted by atomic mass is 16.5. The summed E-state index contributed by atoms with van der Waals surface area (Å²) in [6.07, 6.45) is 0.796. The summed E-state index contributed by atoms with van der Waals surface area (Å²) in [5, 5.41) is 3.80. The number of nitrogens with two attached hydrogens (primary N) is 1. The monoisotopic (exact) mass is 344 g/mol. The van der Waals surface area contributed by atoms with E-state index in [0.29, 0.717) is 36.1 Å². The Bertz CT molecular complexity index is 756. The van der Waals surface area contributed by atoms with E-state index in [2.05, 4.69) is 24.0 Å². The number of aromatic nitrogens is 2. The highest BCUT2D eigenvalue weighted by molar-refractivity contribution is 5.97. The van der Waals surface area contributed by atoms with Gasteiger partial charge in [-0.25, -0.2) is 0 Å². The van der Waals surface area contributed by atoms with Gasteiger partial charge in [-0.1, -0.05) is 31.1 Å². The average molecular weight is 344 g/mol. The topological polar surface area (TPSA) is 94.5 Å². The molecule has 2 N–H and O–H groups in total. The molecule has 3 rings (SSSR count). The molecule has 1 amide bonds. The van der Waals surface area contributed by atoms with Crippen molar-refractivity contribution in [3.63, 3.8) is 0 Å².